The van der Waals surface area contributed by atoms with Gasteiger partial charge in [-0.25, -0.2) is 0 Å². The van der Waals surface area contributed by atoms with Crippen LogP contribution in [0.5, 0.6) is 0 Å². The zero-order valence-corrected chi connectivity index (χ0v) is 13.1. The Balaban J connectivity index is 1.84. The molecule has 2 unspecified atom stereocenters. The van der Waals surface area contributed by atoms with Crippen LogP contribution in [0.3, 0.4) is 0 Å². The van der Waals surface area contributed by atoms with E-state index in [-0.39, 0.29) is 0 Å². The molecule has 2 fully saturated rings. The maximum Gasteiger partial charge on any atom is 0.323 e. The van der Waals surface area contributed by atoms with Crippen molar-refractivity contribution in [2.24, 2.45) is 0 Å². The van der Waals surface area contributed by atoms with Crippen molar-refractivity contribution in [3.05, 3.63) is 0 Å². The molecule has 0 aromatic heterocycles. The van der Waals surface area contributed by atoms with Gasteiger partial charge < -0.3 is 14.9 Å². The first-order valence-electron chi connectivity index (χ1n) is 7.88. The lowest BCUT2D eigenvalue weighted by Gasteiger charge is -2.40. The van der Waals surface area contributed by atoms with Crippen molar-refractivity contribution in [2.45, 2.75) is 57.2 Å². The topological polar surface area (TPSA) is 55.8 Å². The van der Waals surface area contributed by atoms with Crippen molar-refractivity contribution in [1.82, 2.24) is 15.1 Å². The first-order valence-corrected chi connectivity index (χ1v) is 7.88. The van der Waals surface area contributed by atoms with Crippen LogP contribution in [-0.2, 0) is 4.79 Å². The molecule has 116 valence electrons. The third-order valence-corrected chi connectivity index (χ3v) is 4.83. The number of carboxylic acids is 1. The molecule has 1 aliphatic heterocycles. The van der Waals surface area contributed by atoms with Crippen molar-refractivity contribution in [2.75, 3.05) is 33.2 Å². The van der Waals surface area contributed by atoms with Crippen LogP contribution in [-0.4, -0.2) is 71.7 Å². The van der Waals surface area contributed by atoms with E-state index in [1.165, 1.54) is 0 Å². The zero-order valence-electron chi connectivity index (χ0n) is 13.1. The fraction of sp³-hybridized carbons (Fsp3) is 0.933. The summed E-state index contributed by atoms with van der Waals surface area (Å²) in [7, 11) is 2.18. The molecule has 2 rings (SSSR count). The van der Waals surface area contributed by atoms with E-state index in [1.807, 2.05) is 6.92 Å². The van der Waals surface area contributed by atoms with Crippen molar-refractivity contribution in [3.63, 3.8) is 0 Å². The molecule has 0 amide bonds. The predicted octanol–water partition coefficient (Wildman–Crippen LogP) is 0.998. The highest BCUT2D eigenvalue weighted by Crippen LogP contribution is 2.24. The number of likely N-dealkylation sites (N-methyl/N-ethyl adjacent to an activating group) is 1. The Morgan fingerprint density at radius 2 is 2.10 bits per heavy atom. The molecule has 20 heavy (non-hydrogen) atoms. The number of nitrogens with one attached hydrogen (secondary N) is 1. The lowest BCUT2D eigenvalue weighted by atomic mass is 9.96. The number of piperazine rings is 1. The minimum absolute atomic E-state index is 0.423. The monoisotopic (exact) mass is 283 g/mol. The molecule has 0 radical (unpaired) electrons. The summed E-state index contributed by atoms with van der Waals surface area (Å²) in [5.41, 5.74) is -0.772. The van der Waals surface area contributed by atoms with Gasteiger partial charge in [-0.05, 0) is 39.7 Å². The van der Waals surface area contributed by atoms with Gasteiger partial charge in [0.15, 0.2) is 0 Å². The molecular formula is C15H29N3O2. The van der Waals surface area contributed by atoms with Crippen LogP contribution >= 0.6 is 0 Å². The van der Waals surface area contributed by atoms with Crippen LogP contribution in [0, 0.1) is 0 Å². The molecule has 1 saturated heterocycles. The highest BCUT2D eigenvalue weighted by molar-refractivity contribution is 5.78. The summed E-state index contributed by atoms with van der Waals surface area (Å²) in [6, 6.07) is 1.03. The van der Waals surface area contributed by atoms with E-state index in [0.717, 1.165) is 45.4 Å². The van der Waals surface area contributed by atoms with Gasteiger partial charge >= 0.3 is 5.97 Å². The summed E-state index contributed by atoms with van der Waals surface area (Å²) < 4.78 is 0. The summed E-state index contributed by atoms with van der Waals surface area (Å²) in [5.74, 6) is -0.717. The van der Waals surface area contributed by atoms with Crippen LogP contribution in [0.1, 0.15) is 39.5 Å². The van der Waals surface area contributed by atoms with Crippen LogP contribution < -0.4 is 5.32 Å². The molecule has 0 aromatic carbocycles. The Hall–Kier alpha value is -0.650. The van der Waals surface area contributed by atoms with E-state index in [0.29, 0.717) is 18.5 Å². The van der Waals surface area contributed by atoms with Gasteiger partial charge in [-0.3, -0.25) is 10.1 Å². The molecule has 5 heteroatoms. The highest BCUT2D eigenvalue weighted by atomic mass is 16.4. The second-order valence-electron chi connectivity index (χ2n) is 6.65. The van der Waals surface area contributed by atoms with Gasteiger partial charge in [-0.2, -0.15) is 0 Å². The Morgan fingerprint density at radius 3 is 2.65 bits per heavy atom. The largest absolute Gasteiger partial charge is 0.480 e. The van der Waals surface area contributed by atoms with Crippen LogP contribution in [0.2, 0.25) is 0 Å². The summed E-state index contributed by atoms with van der Waals surface area (Å²) in [5, 5.41) is 12.8. The molecule has 2 aliphatic rings. The van der Waals surface area contributed by atoms with Gasteiger partial charge in [-0.1, -0.05) is 6.92 Å². The number of aliphatic carboxylic acids is 1. The normalized spacial score (nSPS) is 28.2. The molecule has 0 spiro atoms. The highest BCUT2D eigenvalue weighted by Gasteiger charge is 2.38. The van der Waals surface area contributed by atoms with E-state index in [1.54, 1.807) is 0 Å². The number of nitrogens with zero attached hydrogens (tertiary/aromatic N) is 2. The minimum Gasteiger partial charge on any atom is -0.480 e. The van der Waals surface area contributed by atoms with Gasteiger partial charge in [0.1, 0.15) is 5.54 Å². The van der Waals surface area contributed by atoms with E-state index in [2.05, 4.69) is 29.1 Å². The predicted molar refractivity (Wildman–Crippen MR) is 80.0 cm³/mol. The van der Waals surface area contributed by atoms with E-state index in [9.17, 15) is 9.90 Å². The molecule has 1 aliphatic carbocycles. The van der Waals surface area contributed by atoms with Gasteiger partial charge in [0.25, 0.3) is 0 Å². The summed E-state index contributed by atoms with van der Waals surface area (Å²) >= 11 is 0. The fourth-order valence-electron chi connectivity index (χ4n) is 2.96. The van der Waals surface area contributed by atoms with Gasteiger partial charge in [0.2, 0.25) is 0 Å². The molecule has 5 nitrogen and oxygen atoms in total. The van der Waals surface area contributed by atoms with Gasteiger partial charge in [0.05, 0.1) is 0 Å². The fourth-order valence-corrected chi connectivity index (χ4v) is 2.96. The summed E-state index contributed by atoms with van der Waals surface area (Å²) in [6.45, 7) is 8.12. The zero-order chi connectivity index (χ0) is 14.8. The average Bonchev–Trinajstić information content (AvgIpc) is 3.21. The third kappa shape index (κ3) is 3.93. The van der Waals surface area contributed by atoms with Crippen LogP contribution in [0.15, 0.2) is 0 Å². The van der Waals surface area contributed by atoms with Crippen LogP contribution in [0.4, 0.5) is 0 Å². The Labute approximate surface area is 122 Å². The Kier molecular flexibility index (Phi) is 5.04. The second-order valence-corrected chi connectivity index (χ2v) is 6.65. The first kappa shape index (κ1) is 15.7. The number of rotatable bonds is 7. The molecule has 0 bridgehead atoms. The number of carboxylic acid groups (broad SMARTS) is 1. The van der Waals surface area contributed by atoms with Crippen molar-refractivity contribution >= 4 is 5.97 Å². The van der Waals surface area contributed by atoms with Gasteiger partial charge in [0, 0.05) is 38.3 Å². The molecular weight excluding hydrogens is 254 g/mol. The van der Waals surface area contributed by atoms with E-state index in [4.69, 9.17) is 0 Å². The lowest BCUT2D eigenvalue weighted by Crippen LogP contribution is -2.55. The summed E-state index contributed by atoms with van der Waals surface area (Å²) in [4.78, 5) is 16.4. The maximum atomic E-state index is 11.5. The molecule has 0 aromatic rings. The molecule has 2 atom stereocenters. The quantitative estimate of drug-likeness (QED) is 0.730. The third-order valence-electron chi connectivity index (χ3n) is 4.83. The maximum absolute atomic E-state index is 11.5. The van der Waals surface area contributed by atoms with E-state index < -0.39 is 11.5 Å². The average molecular weight is 283 g/mol. The second kappa shape index (κ2) is 6.41. The van der Waals surface area contributed by atoms with Crippen LogP contribution in [0.25, 0.3) is 0 Å². The SMILES string of the molecule is CCC1CN(CCC(C)(NC2CC2)C(=O)O)CCN1C. The number of hydrogen-bond acceptors (Lipinski definition) is 4. The smallest absolute Gasteiger partial charge is 0.323 e. The minimum atomic E-state index is -0.772. The van der Waals surface area contributed by atoms with Crippen molar-refractivity contribution < 1.29 is 9.90 Å². The molecule has 2 N–H and O–H groups in total. The van der Waals surface area contributed by atoms with E-state index >= 15 is 0 Å². The standard InChI is InChI=1S/C15H29N3O2/c1-4-13-11-18(10-9-17(13)3)8-7-15(2,14(19)20)16-12-5-6-12/h12-13,16H,4-11H2,1-3H3,(H,19,20). The number of carbonyl (C=O) groups is 1. The van der Waals surface area contributed by atoms with Crippen molar-refractivity contribution in [1.29, 1.82) is 0 Å². The first-order chi connectivity index (χ1) is 9.44. The Morgan fingerprint density at radius 1 is 1.40 bits per heavy atom. The molecule has 1 saturated carbocycles. The Bertz CT molecular complexity index is 346. The summed E-state index contributed by atoms with van der Waals surface area (Å²) in [6.07, 6.45) is 4.08. The number of hydrogen-bond donors (Lipinski definition) is 2. The molecule has 1 heterocycles. The van der Waals surface area contributed by atoms with Crippen molar-refractivity contribution in [3.8, 4) is 0 Å². The lowest BCUT2D eigenvalue weighted by molar-refractivity contribution is -0.144. The van der Waals surface area contributed by atoms with Gasteiger partial charge in [-0.15, -0.1) is 0 Å².